The number of likely N-dealkylation sites (N-methyl/N-ethyl adjacent to an activating group) is 1. The molecular formula is C13H30N2O. The molecule has 98 valence electrons. The molecule has 0 aromatic heterocycles. The fraction of sp³-hybridized carbons (Fsp3) is 1.00. The van der Waals surface area contributed by atoms with Crippen LogP contribution in [0.1, 0.15) is 33.6 Å². The van der Waals surface area contributed by atoms with Crippen LogP contribution < -0.4 is 5.32 Å². The molecule has 0 saturated carbocycles. The molecule has 0 aliphatic heterocycles. The van der Waals surface area contributed by atoms with Gasteiger partial charge in [0.15, 0.2) is 0 Å². The Hall–Kier alpha value is -0.120. The van der Waals surface area contributed by atoms with E-state index in [1.165, 1.54) is 12.8 Å². The Kier molecular flexibility index (Phi) is 7.98. The molecule has 1 N–H and O–H groups in total. The van der Waals surface area contributed by atoms with E-state index in [0.717, 1.165) is 19.7 Å². The van der Waals surface area contributed by atoms with E-state index in [9.17, 15) is 0 Å². The second kappa shape index (κ2) is 8.04. The molecule has 0 aromatic rings. The third-order valence-electron chi connectivity index (χ3n) is 3.80. The van der Waals surface area contributed by atoms with E-state index in [0.29, 0.717) is 11.5 Å². The van der Waals surface area contributed by atoms with Gasteiger partial charge >= 0.3 is 0 Å². The minimum absolute atomic E-state index is 0.394. The van der Waals surface area contributed by atoms with Crippen molar-refractivity contribution in [3.8, 4) is 0 Å². The van der Waals surface area contributed by atoms with Crippen LogP contribution in [0.25, 0.3) is 0 Å². The first-order chi connectivity index (χ1) is 7.55. The van der Waals surface area contributed by atoms with Crippen LogP contribution >= 0.6 is 0 Å². The SMILES string of the molecule is CCC(CC)(CNC)CN(C)C(C)COC. The van der Waals surface area contributed by atoms with Gasteiger partial charge < -0.3 is 15.0 Å². The van der Waals surface area contributed by atoms with Crippen molar-refractivity contribution >= 4 is 0 Å². The van der Waals surface area contributed by atoms with Crippen molar-refractivity contribution in [2.24, 2.45) is 5.41 Å². The van der Waals surface area contributed by atoms with Gasteiger partial charge in [0.05, 0.1) is 6.61 Å². The Morgan fingerprint density at radius 2 is 1.88 bits per heavy atom. The van der Waals surface area contributed by atoms with Crippen molar-refractivity contribution in [2.45, 2.75) is 39.7 Å². The van der Waals surface area contributed by atoms with Crippen LogP contribution in [0.5, 0.6) is 0 Å². The molecule has 1 unspecified atom stereocenters. The molecule has 0 spiro atoms. The summed E-state index contributed by atoms with van der Waals surface area (Å²) in [6, 6.07) is 0.485. The average Bonchev–Trinajstić information content (AvgIpc) is 2.28. The van der Waals surface area contributed by atoms with Crippen molar-refractivity contribution in [3.63, 3.8) is 0 Å². The van der Waals surface area contributed by atoms with Crippen LogP contribution in [-0.4, -0.2) is 51.8 Å². The maximum Gasteiger partial charge on any atom is 0.0615 e. The molecule has 0 aliphatic carbocycles. The second-order valence-corrected chi connectivity index (χ2v) is 4.96. The number of ether oxygens (including phenoxy) is 1. The van der Waals surface area contributed by atoms with Gasteiger partial charge in [-0.15, -0.1) is 0 Å². The van der Waals surface area contributed by atoms with E-state index in [2.05, 4.69) is 38.0 Å². The first kappa shape index (κ1) is 15.9. The molecule has 0 aromatic carbocycles. The Labute approximate surface area is 102 Å². The van der Waals surface area contributed by atoms with E-state index in [1.54, 1.807) is 7.11 Å². The fourth-order valence-electron chi connectivity index (χ4n) is 2.21. The second-order valence-electron chi connectivity index (χ2n) is 4.96. The third kappa shape index (κ3) is 4.81. The van der Waals surface area contributed by atoms with Crippen LogP contribution in [0.4, 0.5) is 0 Å². The minimum atomic E-state index is 0.394. The highest BCUT2D eigenvalue weighted by atomic mass is 16.5. The lowest BCUT2D eigenvalue weighted by Crippen LogP contribution is -2.45. The van der Waals surface area contributed by atoms with E-state index in [-0.39, 0.29) is 0 Å². The van der Waals surface area contributed by atoms with E-state index in [4.69, 9.17) is 4.74 Å². The van der Waals surface area contributed by atoms with E-state index >= 15 is 0 Å². The lowest BCUT2D eigenvalue weighted by atomic mass is 9.81. The highest BCUT2D eigenvalue weighted by Gasteiger charge is 2.28. The Balaban J connectivity index is 4.37. The molecule has 0 radical (unpaired) electrons. The summed E-state index contributed by atoms with van der Waals surface area (Å²) in [5, 5.41) is 3.33. The molecule has 1 atom stereocenters. The molecule has 0 heterocycles. The smallest absolute Gasteiger partial charge is 0.0615 e. The maximum absolute atomic E-state index is 5.21. The highest BCUT2D eigenvalue weighted by Crippen LogP contribution is 2.27. The van der Waals surface area contributed by atoms with Gasteiger partial charge in [0.1, 0.15) is 0 Å². The van der Waals surface area contributed by atoms with Crippen molar-refractivity contribution in [1.29, 1.82) is 0 Å². The molecule has 0 bridgehead atoms. The molecule has 3 nitrogen and oxygen atoms in total. The van der Waals surface area contributed by atoms with Crippen molar-refractivity contribution in [1.82, 2.24) is 10.2 Å². The summed E-state index contributed by atoms with van der Waals surface area (Å²) in [4.78, 5) is 2.41. The Bertz CT molecular complexity index is 169. The quantitative estimate of drug-likeness (QED) is 0.655. The van der Waals surface area contributed by atoms with E-state index < -0.39 is 0 Å². The monoisotopic (exact) mass is 230 g/mol. The van der Waals surface area contributed by atoms with Gasteiger partial charge in [0.2, 0.25) is 0 Å². The Morgan fingerprint density at radius 3 is 2.25 bits per heavy atom. The lowest BCUT2D eigenvalue weighted by molar-refractivity contribution is 0.0763. The summed E-state index contributed by atoms with van der Waals surface area (Å²) < 4.78 is 5.21. The number of rotatable bonds is 9. The summed E-state index contributed by atoms with van der Waals surface area (Å²) in [5.74, 6) is 0. The van der Waals surface area contributed by atoms with Crippen LogP contribution in [0.2, 0.25) is 0 Å². The number of nitrogens with zero attached hydrogens (tertiary/aromatic N) is 1. The van der Waals surface area contributed by atoms with Crippen molar-refractivity contribution < 1.29 is 4.74 Å². The van der Waals surface area contributed by atoms with E-state index in [1.807, 2.05) is 7.05 Å². The van der Waals surface area contributed by atoms with Gasteiger partial charge in [0.25, 0.3) is 0 Å². The molecule has 0 aliphatic rings. The summed E-state index contributed by atoms with van der Waals surface area (Å²) in [7, 11) is 6.00. The van der Waals surface area contributed by atoms with Crippen LogP contribution in [0.15, 0.2) is 0 Å². The van der Waals surface area contributed by atoms with Gasteiger partial charge in [-0.1, -0.05) is 13.8 Å². The molecule has 0 amide bonds. The largest absolute Gasteiger partial charge is 0.383 e. The standard InChI is InChI=1S/C13H30N2O/c1-7-13(8-2,10-14-4)11-15(5)12(3)9-16-6/h12,14H,7-11H2,1-6H3. The average molecular weight is 230 g/mol. The zero-order chi connectivity index (χ0) is 12.6. The first-order valence-electron chi connectivity index (χ1n) is 6.39. The zero-order valence-electron chi connectivity index (χ0n) is 12.0. The van der Waals surface area contributed by atoms with Gasteiger partial charge in [-0.3, -0.25) is 0 Å². The van der Waals surface area contributed by atoms with Crippen molar-refractivity contribution in [2.75, 3.05) is 40.9 Å². The van der Waals surface area contributed by atoms with Crippen LogP contribution in [0, 0.1) is 5.41 Å². The number of nitrogens with one attached hydrogen (secondary N) is 1. The number of hydrogen-bond donors (Lipinski definition) is 1. The highest BCUT2D eigenvalue weighted by molar-refractivity contribution is 4.83. The number of methoxy groups -OCH3 is 1. The molecule has 0 rings (SSSR count). The maximum atomic E-state index is 5.21. The third-order valence-corrected chi connectivity index (χ3v) is 3.80. The lowest BCUT2D eigenvalue weighted by Gasteiger charge is -2.38. The summed E-state index contributed by atoms with van der Waals surface area (Å²) >= 11 is 0. The van der Waals surface area contributed by atoms with Gasteiger partial charge in [-0.25, -0.2) is 0 Å². The molecular weight excluding hydrogens is 200 g/mol. The molecule has 3 heteroatoms. The summed E-state index contributed by atoms with van der Waals surface area (Å²) in [6.45, 7) is 9.82. The van der Waals surface area contributed by atoms with Gasteiger partial charge in [-0.05, 0) is 39.3 Å². The van der Waals surface area contributed by atoms with Crippen molar-refractivity contribution in [3.05, 3.63) is 0 Å². The zero-order valence-corrected chi connectivity index (χ0v) is 12.0. The normalized spacial score (nSPS) is 14.4. The van der Waals surface area contributed by atoms with Crippen LogP contribution in [-0.2, 0) is 4.74 Å². The van der Waals surface area contributed by atoms with Crippen LogP contribution in [0.3, 0.4) is 0 Å². The van der Waals surface area contributed by atoms with Gasteiger partial charge in [-0.2, -0.15) is 0 Å². The summed E-state index contributed by atoms with van der Waals surface area (Å²) in [6.07, 6.45) is 2.43. The predicted octanol–water partition coefficient (Wildman–Crippen LogP) is 1.98. The topological polar surface area (TPSA) is 24.5 Å². The summed E-state index contributed by atoms with van der Waals surface area (Å²) in [5.41, 5.74) is 0.394. The molecule has 0 saturated heterocycles. The predicted molar refractivity (Wildman–Crippen MR) is 70.9 cm³/mol. The first-order valence-corrected chi connectivity index (χ1v) is 6.39. The fourth-order valence-corrected chi connectivity index (χ4v) is 2.21. The molecule has 16 heavy (non-hydrogen) atoms. The van der Waals surface area contributed by atoms with Gasteiger partial charge in [0, 0.05) is 26.2 Å². The minimum Gasteiger partial charge on any atom is -0.383 e. The molecule has 0 fully saturated rings. The Morgan fingerprint density at radius 1 is 1.31 bits per heavy atom. The number of hydrogen-bond acceptors (Lipinski definition) is 3.